The Hall–Kier alpha value is 0.201. The molecular weight excluding hydrogens is 701 g/mol. The summed E-state index contributed by atoms with van der Waals surface area (Å²) in [6.07, 6.45) is 4.36. The second-order valence-electron chi connectivity index (χ2n) is 12.6. The van der Waals surface area contributed by atoms with Gasteiger partial charge in [-0.15, -0.1) is 0 Å². The molecule has 48 heavy (non-hydrogen) atoms. The second-order valence-corrected chi connectivity index (χ2v) is 24.7. The van der Waals surface area contributed by atoms with Gasteiger partial charge in [0.1, 0.15) is 0 Å². The van der Waals surface area contributed by atoms with E-state index in [9.17, 15) is 0 Å². The quantitative estimate of drug-likeness (QED) is 0.0839. The van der Waals surface area contributed by atoms with Crippen LogP contribution in [0.1, 0.15) is 57.2 Å². The van der Waals surface area contributed by atoms with E-state index in [0.29, 0.717) is 5.79 Å². The maximum absolute atomic E-state index is 5.95. The minimum Gasteiger partial charge on any atom is -0.397 e. The Kier molecular flexibility index (Phi) is 25.9. The molecule has 0 fully saturated rings. The summed E-state index contributed by atoms with van der Waals surface area (Å²) in [6, 6.07) is 6.73. The van der Waals surface area contributed by atoms with E-state index in [4.69, 9.17) is 26.6 Å². The van der Waals surface area contributed by atoms with Crippen molar-refractivity contribution in [2.24, 2.45) is 0 Å². The molecular formula is C34H69N2O6Si6. The van der Waals surface area contributed by atoms with Crippen molar-refractivity contribution in [2.45, 2.75) is 116 Å². The van der Waals surface area contributed by atoms with Gasteiger partial charge in [0.2, 0.25) is 0 Å². The number of aryl methyl sites for hydroxylation is 2. The Bertz CT molecular complexity index is 939. The normalized spacial score (nSPS) is 12.6. The predicted molar refractivity (Wildman–Crippen MR) is 214 cm³/mol. The first kappa shape index (κ1) is 46.2. The summed E-state index contributed by atoms with van der Waals surface area (Å²) in [6.45, 7) is 25.5. The van der Waals surface area contributed by atoms with Crippen molar-refractivity contribution in [3.05, 3.63) is 22.8 Å². The molecule has 275 valence electrons. The summed E-state index contributed by atoms with van der Waals surface area (Å²) in [7, 11) is 4.19. The molecule has 1 aromatic rings. The van der Waals surface area contributed by atoms with Gasteiger partial charge in [0.05, 0.1) is 27.1 Å². The largest absolute Gasteiger partial charge is 0.397 e. The Labute approximate surface area is 307 Å². The number of benzene rings is 1. The van der Waals surface area contributed by atoms with Gasteiger partial charge in [0.15, 0.2) is 0 Å². The first-order chi connectivity index (χ1) is 23.0. The SMILES string of the molecule is CCO[Si](CCCN(C)C([Si]CCc1c(CC[Si](OC)OC)cc(C)c([Si](C)C)c1[Si](C)C)N(C)CCC[Si](OCC)OCC)OCC. The van der Waals surface area contributed by atoms with Crippen molar-refractivity contribution in [1.29, 1.82) is 0 Å². The summed E-state index contributed by atoms with van der Waals surface area (Å²) in [4.78, 5) is 5.18. The van der Waals surface area contributed by atoms with Crippen molar-refractivity contribution in [1.82, 2.24) is 9.80 Å². The highest BCUT2D eigenvalue weighted by Crippen LogP contribution is 2.19. The Morgan fingerprint density at radius 2 is 1.12 bits per heavy atom. The molecule has 8 nitrogen and oxygen atoms in total. The van der Waals surface area contributed by atoms with Gasteiger partial charge in [-0.05, 0) is 117 Å². The van der Waals surface area contributed by atoms with Gasteiger partial charge in [-0.3, -0.25) is 9.80 Å². The average molecular weight is 770 g/mol. The average Bonchev–Trinajstić information content (AvgIpc) is 3.03. The fourth-order valence-corrected chi connectivity index (χ4v) is 16.4. The summed E-state index contributed by atoms with van der Waals surface area (Å²) < 4.78 is 35.2. The number of rotatable bonds is 29. The Morgan fingerprint density at radius 1 is 0.667 bits per heavy atom. The smallest absolute Gasteiger partial charge is 0.384 e. The van der Waals surface area contributed by atoms with Crippen LogP contribution >= 0.6 is 0 Å². The second kappa shape index (κ2) is 26.9. The molecule has 1 rings (SSSR count). The Balaban J connectivity index is 3.25. The van der Waals surface area contributed by atoms with Crippen molar-refractivity contribution in [3.63, 3.8) is 0 Å². The van der Waals surface area contributed by atoms with Crippen LogP contribution in [0.2, 0.25) is 50.4 Å². The molecule has 0 aliphatic carbocycles. The lowest BCUT2D eigenvalue weighted by Gasteiger charge is -2.36. The highest BCUT2D eigenvalue weighted by molar-refractivity contribution is 6.82. The predicted octanol–water partition coefficient (Wildman–Crippen LogP) is 4.96. The van der Waals surface area contributed by atoms with Gasteiger partial charge in [-0.25, -0.2) is 0 Å². The summed E-state index contributed by atoms with van der Waals surface area (Å²) >= 11 is 0. The zero-order valence-electron chi connectivity index (χ0n) is 32.9. The van der Waals surface area contributed by atoms with Crippen LogP contribution in [0.5, 0.6) is 0 Å². The monoisotopic (exact) mass is 769 g/mol. The van der Waals surface area contributed by atoms with Crippen LogP contribution in [0.25, 0.3) is 0 Å². The van der Waals surface area contributed by atoms with Gasteiger partial charge in [0, 0.05) is 46.4 Å². The summed E-state index contributed by atoms with van der Waals surface area (Å²) in [5.74, 6) is 0.397. The van der Waals surface area contributed by atoms with Crippen LogP contribution in [0.4, 0.5) is 0 Å². The molecule has 0 atom stereocenters. The zero-order chi connectivity index (χ0) is 36.1. The third-order valence-electron chi connectivity index (χ3n) is 8.32. The molecule has 0 bridgehead atoms. The lowest BCUT2D eigenvalue weighted by Crippen LogP contribution is -2.50. The molecule has 7 radical (unpaired) electrons. The van der Waals surface area contributed by atoms with E-state index < -0.39 is 45.4 Å². The van der Waals surface area contributed by atoms with E-state index in [0.717, 1.165) is 92.9 Å². The molecule has 0 aliphatic rings. The highest BCUT2D eigenvalue weighted by atomic mass is 28.3. The highest BCUT2D eigenvalue weighted by Gasteiger charge is 2.26. The third-order valence-corrected chi connectivity index (χ3v) is 19.1. The third kappa shape index (κ3) is 16.7. The molecule has 0 aromatic heterocycles. The minimum atomic E-state index is -1.24. The van der Waals surface area contributed by atoms with Crippen LogP contribution in [0, 0.1) is 6.92 Å². The van der Waals surface area contributed by atoms with E-state index in [1.165, 1.54) is 17.2 Å². The molecule has 1 aromatic carbocycles. The zero-order valence-corrected chi connectivity index (χ0v) is 38.9. The van der Waals surface area contributed by atoms with Crippen LogP contribution in [0.15, 0.2) is 6.07 Å². The van der Waals surface area contributed by atoms with E-state index in [1.54, 1.807) is 30.2 Å². The number of hydrogen-bond donors (Lipinski definition) is 0. The van der Waals surface area contributed by atoms with Gasteiger partial charge >= 0.3 is 27.9 Å². The summed E-state index contributed by atoms with van der Waals surface area (Å²) in [5, 5.41) is 3.42. The Morgan fingerprint density at radius 3 is 1.52 bits per heavy atom. The first-order valence-electron chi connectivity index (χ1n) is 18.1. The minimum absolute atomic E-state index is 0.397. The number of hydrogen-bond acceptors (Lipinski definition) is 8. The van der Waals surface area contributed by atoms with Gasteiger partial charge < -0.3 is 26.6 Å². The van der Waals surface area contributed by atoms with Crippen LogP contribution in [0.3, 0.4) is 0 Å². The maximum atomic E-state index is 5.95. The van der Waals surface area contributed by atoms with Crippen molar-refractivity contribution in [3.8, 4) is 0 Å². The van der Waals surface area contributed by atoms with Gasteiger partial charge in [-0.2, -0.15) is 0 Å². The number of nitrogens with zero attached hydrogens (tertiary/aromatic N) is 2. The molecule has 0 saturated carbocycles. The van der Waals surface area contributed by atoms with E-state index in [2.05, 4.69) is 90.8 Å². The molecule has 0 aliphatic heterocycles. The molecule has 0 saturated heterocycles. The molecule has 0 spiro atoms. The first-order valence-corrected chi connectivity index (χ1v) is 28.9. The van der Waals surface area contributed by atoms with Crippen LogP contribution < -0.4 is 10.4 Å². The van der Waals surface area contributed by atoms with Crippen LogP contribution in [-0.2, 0) is 39.4 Å². The van der Waals surface area contributed by atoms with Crippen molar-refractivity contribution >= 4 is 65.3 Å². The van der Waals surface area contributed by atoms with E-state index in [-0.39, 0.29) is 0 Å². The fourth-order valence-electron chi connectivity index (χ4n) is 6.34. The standard InChI is InChI=1S/C34H69N2O6Si6/c1-14-39-47(40-15-2)25-18-22-35(6)34(36(7)23-19-26-48(41-16-3)42-17-4)43-24-20-31-30(21-27-46(37-8)38-9)28-29(5)32(44(10)11)33(31)45(12)13/h28,34H,14-27H2,1-13H3. The van der Waals surface area contributed by atoms with Crippen LogP contribution in [-0.4, -0.2) is 138 Å². The summed E-state index contributed by atoms with van der Waals surface area (Å²) in [5.41, 5.74) is 4.67. The molecule has 0 amide bonds. The fraction of sp³-hybridized carbons (Fsp3) is 0.824. The molecule has 14 heteroatoms. The van der Waals surface area contributed by atoms with E-state index in [1.807, 2.05) is 0 Å². The van der Waals surface area contributed by atoms with Crippen molar-refractivity contribution in [2.75, 3.05) is 67.8 Å². The van der Waals surface area contributed by atoms with Crippen molar-refractivity contribution < 1.29 is 26.6 Å². The van der Waals surface area contributed by atoms with Gasteiger partial charge in [-0.1, -0.05) is 54.2 Å². The lowest BCUT2D eigenvalue weighted by molar-refractivity contribution is 0.140. The topological polar surface area (TPSA) is 61.9 Å². The lowest BCUT2D eigenvalue weighted by atomic mass is 10.00. The maximum Gasteiger partial charge on any atom is 0.384 e. The molecule has 0 N–H and O–H groups in total. The molecule has 0 unspecified atom stereocenters. The van der Waals surface area contributed by atoms with Gasteiger partial charge in [0.25, 0.3) is 0 Å². The van der Waals surface area contributed by atoms with E-state index >= 15 is 0 Å². The molecule has 0 heterocycles.